The number of nitrogens with zero attached hydrogens (tertiary/aromatic N) is 1. The van der Waals surface area contributed by atoms with E-state index < -0.39 is 4.92 Å². The molecule has 1 aromatic carbocycles. The van der Waals surface area contributed by atoms with Crippen LogP contribution in [0.2, 0.25) is 0 Å². The number of hydrogen-bond acceptors (Lipinski definition) is 3. The summed E-state index contributed by atoms with van der Waals surface area (Å²) in [6, 6.07) is 4.54. The number of hydrogen-bond donors (Lipinski definition) is 0. The maximum atomic E-state index is 10.5. The summed E-state index contributed by atoms with van der Waals surface area (Å²) in [5, 5.41) is 10.5. The van der Waals surface area contributed by atoms with Crippen molar-refractivity contribution < 1.29 is 9.66 Å². The Bertz CT molecular complexity index is 347. The second kappa shape index (κ2) is 3.71. The molecule has 0 fully saturated rings. The van der Waals surface area contributed by atoms with Crippen LogP contribution in [0.5, 0.6) is 5.75 Å². The van der Waals surface area contributed by atoms with E-state index in [4.69, 9.17) is 4.74 Å². The Hall–Kier alpha value is -1.84. The number of nitro benzene ring substituents is 1. The molecular formula is C9H8NO3. The molecular weight excluding hydrogens is 170 g/mol. The molecule has 0 aliphatic carbocycles. The smallest absolute Gasteiger partial charge is 0.311 e. The van der Waals surface area contributed by atoms with Crippen molar-refractivity contribution in [1.29, 1.82) is 0 Å². The highest BCUT2D eigenvalue weighted by molar-refractivity contribution is 5.49. The van der Waals surface area contributed by atoms with Gasteiger partial charge >= 0.3 is 5.69 Å². The summed E-state index contributed by atoms with van der Waals surface area (Å²) in [6.45, 7) is 3.40. The van der Waals surface area contributed by atoms with Gasteiger partial charge in [0.15, 0.2) is 5.75 Å². The maximum Gasteiger partial charge on any atom is 0.311 e. The Labute approximate surface area is 75.6 Å². The summed E-state index contributed by atoms with van der Waals surface area (Å²) in [5.41, 5.74) is 0.503. The van der Waals surface area contributed by atoms with Crippen molar-refractivity contribution in [3.63, 3.8) is 0 Å². The standard InChI is InChI=1S/C9H8NO3/c1-3-7-4-5-9(13-2)8(6-7)10(11)12/h4-6H,1H2,2H3. The van der Waals surface area contributed by atoms with Gasteiger partial charge in [0.2, 0.25) is 0 Å². The molecule has 13 heavy (non-hydrogen) atoms. The molecule has 4 heteroatoms. The third kappa shape index (κ3) is 1.84. The Balaban J connectivity index is 3.25. The van der Waals surface area contributed by atoms with Gasteiger partial charge in [0.25, 0.3) is 0 Å². The van der Waals surface area contributed by atoms with E-state index in [0.717, 1.165) is 0 Å². The van der Waals surface area contributed by atoms with E-state index in [1.165, 1.54) is 19.2 Å². The van der Waals surface area contributed by atoms with Gasteiger partial charge in [0, 0.05) is 6.07 Å². The number of ether oxygens (including phenoxy) is 1. The van der Waals surface area contributed by atoms with Gasteiger partial charge in [-0.2, -0.15) is 0 Å². The molecule has 0 atom stereocenters. The first-order valence-electron chi connectivity index (χ1n) is 3.54. The van der Waals surface area contributed by atoms with Crippen molar-refractivity contribution in [3.8, 4) is 5.75 Å². The van der Waals surface area contributed by atoms with Crippen LogP contribution in [0, 0.1) is 16.2 Å². The van der Waals surface area contributed by atoms with Crippen LogP contribution in [-0.2, 0) is 0 Å². The molecule has 0 spiro atoms. The molecule has 1 aromatic rings. The van der Waals surface area contributed by atoms with Crippen molar-refractivity contribution in [3.05, 3.63) is 46.5 Å². The molecule has 1 rings (SSSR count). The lowest BCUT2D eigenvalue weighted by molar-refractivity contribution is -0.385. The number of nitro groups is 1. The van der Waals surface area contributed by atoms with Crippen LogP contribution in [0.3, 0.4) is 0 Å². The monoisotopic (exact) mass is 178 g/mol. The number of methoxy groups -OCH3 is 1. The van der Waals surface area contributed by atoms with Crippen LogP contribution >= 0.6 is 0 Å². The molecule has 0 aromatic heterocycles. The van der Waals surface area contributed by atoms with Crippen molar-refractivity contribution in [2.24, 2.45) is 0 Å². The fourth-order valence-corrected chi connectivity index (χ4v) is 0.943. The van der Waals surface area contributed by atoms with E-state index in [1.54, 1.807) is 6.07 Å². The van der Waals surface area contributed by atoms with Gasteiger partial charge in [-0.3, -0.25) is 10.1 Å². The zero-order chi connectivity index (χ0) is 9.84. The van der Waals surface area contributed by atoms with E-state index in [0.29, 0.717) is 5.56 Å². The van der Waals surface area contributed by atoms with Gasteiger partial charge in [0.05, 0.1) is 12.0 Å². The van der Waals surface area contributed by atoms with E-state index >= 15 is 0 Å². The quantitative estimate of drug-likeness (QED) is 0.525. The van der Waals surface area contributed by atoms with Gasteiger partial charge in [-0.05, 0) is 17.7 Å². The van der Waals surface area contributed by atoms with Crippen molar-refractivity contribution in [1.82, 2.24) is 0 Å². The van der Waals surface area contributed by atoms with E-state index in [2.05, 4.69) is 12.7 Å². The molecule has 0 saturated carbocycles. The van der Waals surface area contributed by atoms with E-state index in [1.807, 2.05) is 0 Å². The molecule has 0 amide bonds. The predicted molar refractivity (Wildman–Crippen MR) is 47.6 cm³/mol. The van der Waals surface area contributed by atoms with Crippen LogP contribution in [0.4, 0.5) is 5.69 Å². The lowest BCUT2D eigenvalue weighted by Crippen LogP contribution is -1.93. The minimum Gasteiger partial charge on any atom is -0.490 e. The Kier molecular flexibility index (Phi) is 2.64. The highest BCUT2D eigenvalue weighted by Crippen LogP contribution is 2.27. The zero-order valence-corrected chi connectivity index (χ0v) is 7.11. The third-order valence-electron chi connectivity index (χ3n) is 1.58. The van der Waals surface area contributed by atoms with Crippen LogP contribution in [0.25, 0.3) is 0 Å². The predicted octanol–water partition coefficient (Wildman–Crippen LogP) is 1.94. The topological polar surface area (TPSA) is 52.4 Å². The highest BCUT2D eigenvalue weighted by atomic mass is 16.6. The van der Waals surface area contributed by atoms with Crippen molar-refractivity contribution in [2.75, 3.05) is 7.11 Å². The van der Waals surface area contributed by atoms with Gasteiger partial charge in [0.1, 0.15) is 0 Å². The van der Waals surface area contributed by atoms with Crippen molar-refractivity contribution in [2.45, 2.75) is 0 Å². The lowest BCUT2D eigenvalue weighted by atomic mass is 10.2. The molecule has 0 aliphatic rings. The first kappa shape index (κ1) is 9.25. The summed E-state index contributed by atoms with van der Waals surface area (Å²) < 4.78 is 4.82. The first-order valence-corrected chi connectivity index (χ1v) is 3.54. The summed E-state index contributed by atoms with van der Waals surface area (Å²) in [5.74, 6) is 0.240. The van der Waals surface area contributed by atoms with Gasteiger partial charge in [-0.25, -0.2) is 0 Å². The molecule has 4 nitrogen and oxygen atoms in total. The average Bonchev–Trinajstić information content (AvgIpc) is 2.16. The Morgan fingerprint density at radius 1 is 1.62 bits per heavy atom. The summed E-state index contributed by atoms with van der Waals surface area (Å²) in [6.07, 6.45) is 2.56. The minimum atomic E-state index is -0.500. The summed E-state index contributed by atoms with van der Waals surface area (Å²) >= 11 is 0. The minimum absolute atomic E-state index is 0.0730. The van der Waals surface area contributed by atoms with Crippen molar-refractivity contribution >= 4 is 5.69 Å². The summed E-state index contributed by atoms with van der Waals surface area (Å²) in [7, 11) is 1.39. The second-order valence-electron chi connectivity index (χ2n) is 2.32. The van der Waals surface area contributed by atoms with Crippen LogP contribution in [0.15, 0.2) is 24.8 Å². The Morgan fingerprint density at radius 3 is 2.77 bits per heavy atom. The fraction of sp³-hybridized carbons (Fsp3) is 0.111. The van der Waals surface area contributed by atoms with Gasteiger partial charge in [-0.15, -0.1) is 0 Å². The van der Waals surface area contributed by atoms with Crippen LogP contribution in [-0.4, -0.2) is 12.0 Å². The molecule has 0 heterocycles. The molecule has 0 N–H and O–H groups in total. The molecule has 0 unspecified atom stereocenters. The van der Waals surface area contributed by atoms with E-state index in [-0.39, 0.29) is 11.4 Å². The third-order valence-corrected chi connectivity index (χ3v) is 1.58. The molecule has 0 saturated heterocycles. The van der Waals surface area contributed by atoms with Gasteiger partial charge < -0.3 is 4.74 Å². The summed E-state index contributed by atoms with van der Waals surface area (Å²) in [4.78, 5) is 10.0. The number of rotatable bonds is 3. The molecule has 0 bridgehead atoms. The average molecular weight is 178 g/mol. The number of benzene rings is 1. The van der Waals surface area contributed by atoms with E-state index in [9.17, 15) is 10.1 Å². The lowest BCUT2D eigenvalue weighted by Gasteiger charge is -2.01. The normalized spacial score (nSPS) is 9.31. The zero-order valence-electron chi connectivity index (χ0n) is 7.11. The fourth-order valence-electron chi connectivity index (χ4n) is 0.943. The van der Waals surface area contributed by atoms with Crippen LogP contribution < -0.4 is 4.74 Å². The van der Waals surface area contributed by atoms with Crippen LogP contribution in [0.1, 0.15) is 5.56 Å². The first-order chi connectivity index (χ1) is 6.19. The molecule has 1 radical (unpaired) electrons. The second-order valence-corrected chi connectivity index (χ2v) is 2.32. The molecule has 0 aliphatic heterocycles. The maximum absolute atomic E-state index is 10.5. The molecule has 67 valence electrons. The van der Waals surface area contributed by atoms with Gasteiger partial charge in [-0.1, -0.05) is 12.6 Å². The SMILES string of the molecule is C=[C]c1ccc(OC)c([N+](=O)[O-])c1. The Morgan fingerprint density at radius 2 is 2.31 bits per heavy atom. The highest BCUT2D eigenvalue weighted by Gasteiger charge is 2.13. The largest absolute Gasteiger partial charge is 0.490 e.